The zero-order valence-electron chi connectivity index (χ0n) is 12.8. The van der Waals surface area contributed by atoms with E-state index in [0.29, 0.717) is 5.56 Å². The maximum Gasteiger partial charge on any atom is 0.126 e. The molecule has 0 bridgehead atoms. The fourth-order valence-electron chi connectivity index (χ4n) is 2.39. The van der Waals surface area contributed by atoms with Crippen LogP contribution in [0.5, 0.6) is 5.75 Å². The molecule has 0 spiro atoms. The van der Waals surface area contributed by atoms with Gasteiger partial charge in [-0.05, 0) is 37.6 Å². The largest absolute Gasteiger partial charge is 0.507 e. The van der Waals surface area contributed by atoms with Crippen LogP contribution in [-0.2, 0) is 0 Å². The van der Waals surface area contributed by atoms with E-state index in [4.69, 9.17) is 0 Å². The molecule has 1 atom stereocenters. The molecule has 2 aromatic carbocycles. The van der Waals surface area contributed by atoms with Crippen molar-refractivity contribution >= 4 is 11.4 Å². The minimum absolute atomic E-state index is 0.0325. The van der Waals surface area contributed by atoms with E-state index in [2.05, 4.69) is 29.3 Å². The predicted molar refractivity (Wildman–Crippen MR) is 85.6 cm³/mol. The molecule has 0 aromatic heterocycles. The Balaban J connectivity index is 2.23. The summed E-state index contributed by atoms with van der Waals surface area (Å²) in [5.74, 6) is -0.469. The van der Waals surface area contributed by atoms with Crippen molar-refractivity contribution in [3.05, 3.63) is 53.3 Å². The number of aryl methyl sites for hydroxylation is 1. The molecule has 0 saturated heterocycles. The van der Waals surface area contributed by atoms with Crippen molar-refractivity contribution in [2.75, 3.05) is 24.3 Å². The van der Waals surface area contributed by atoms with Crippen LogP contribution < -0.4 is 10.2 Å². The van der Waals surface area contributed by atoms with Gasteiger partial charge in [0, 0.05) is 37.1 Å². The van der Waals surface area contributed by atoms with Crippen LogP contribution in [0.2, 0.25) is 0 Å². The zero-order chi connectivity index (χ0) is 15.6. The lowest BCUT2D eigenvalue weighted by Gasteiger charge is -2.20. The number of phenols is 1. The van der Waals surface area contributed by atoms with Crippen LogP contribution in [0.15, 0.2) is 36.4 Å². The van der Waals surface area contributed by atoms with E-state index in [0.717, 1.165) is 17.4 Å². The van der Waals surface area contributed by atoms with Gasteiger partial charge in [0.2, 0.25) is 0 Å². The molecule has 0 aliphatic heterocycles. The molecule has 21 heavy (non-hydrogen) atoms. The van der Waals surface area contributed by atoms with Crippen LogP contribution in [0.4, 0.5) is 15.8 Å². The summed E-state index contributed by atoms with van der Waals surface area (Å²) in [7, 11) is 4.00. The summed E-state index contributed by atoms with van der Waals surface area (Å²) in [6.07, 6.45) is 0. The molecule has 3 nitrogen and oxygen atoms in total. The Kier molecular flexibility index (Phi) is 4.36. The first-order valence-electron chi connectivity index (χ1n) is 6.91. The molecule has 2 N–H and O–H groups in total. The summed E-state index contributed by atoms with van der Waals surface area (Å²) in [4.78, 5) is 2.06. The summed E-state index contributed by atoms with van der Waals surface area (Å²) in [6.45, 7) is 4.00. The first-order valence-corrected chi connectivity index (χ1v) is 6.91. The fourth-order valence-corrected chi connectivity index (χ4v) is 2.39. The molecule has 0 radical (unpaired) electrons. The highest BCUT2D eigenvalue weighted by atomic mass is 19.1. The Labute approximate surface area is 125 Å². The van der Waals surface area contributed by atoms with Gasteiger partial charge in [-0.25, -0.2) is 4.39 Å². The van der Waals surface area contributed by atoms with Gasteiger partial charge in [-0.15, -0.1) is 0 Å². The van der Waals surface area contributed by atoms with Crippen molar-refractivity contribution in [1.29, 1.82) is 0 Å². The lowest BCUT2D eigenvalue weighted by atomic mass is 10.1. The molecule has 2 aromatic rings. The minimum atomic E-state index is -0.436. The second kappa shape index (κ2) is 6.04. The van der Waals surface area contributed by atoms with Crippen molar-refractivity contribution in [3.63, 3.8) is 0 Å². The van der Waals surface area contributed by atoms with Gasteiger partial charge in [-0.3, -0.25) is 0 Å². The monoisotopic (exact) mass is 288 g/mol. The number of anilines is 2. The second-order valence-electron chi connectivity index (χ2n) is 5.46. The molecular weight excluding hydrogens is 267 g/mol. The average Bonchev–Trinajstić information content (AvgIpc) is 2.40. The lowest BCUT2D eigenvalue weighted by molar-refractivity contribution is 0.459. The SMILES string of the molecule is Cc1ccc(NC(C)c2ccc(F)cc2O)cc1N(C)C. The average molecular weight is 288 g/mol. The van der Waals surface area contributed by atoms with Crippen LogP contribution in [0, 0.1) is 12.7 Å². The Bertz CT molecular complexity index is 641. The number of hydrogen-bond donors (Lipinski definition) is 2. The highest BCUT2D eigenvalue weighted by molar-refractivity contribution is 5.62. The van der Waals surface area contributed by atoms with E-state index in [1.807, 2.05) is 27.1 Å². The number of hydrogen-bond acceptors (Lipinski definition) is 3. The van der Waals surface area contributed by atoms with Gasteiger partial charge >= 0.3 is 0 Å². The van der Waals surface area contributed by atoms with Crippen LogP contribution in [0.1, 0.15) is 24.1 Å². The van der Waals surface area contributed by atoms with Crippen molar-refractivity contribution < 1.29 is 9.50 Å². The first-order chi connectivity index (χ1) is 9.88. The summed E-state index contributed by atoms with van der Waals surface area (Å²) < 4.78 is 13.0. The van der Waals surface area contributed by atoms with Gasteiger partial charge < -0.3 is 15.3 Å². The van der Waals surface area contributed by atoms with Gasteiger partial charge in [0.1, 0.15) is 11.6 Å². The molecule has 0 saturated carbocycles. The minimum Gasteiger partial charge on any atom is -0.507 e. The first kappa shape index (κ1) is 15.2. The van der Waals surface area contributed by atoms with E-state index in [1.54, 1.807) is 6.07 Å². The number of phenolic OH excluding ortho intramolecular Hbond substituents is 1. The smallest absolute Gasteiger partial charge is 0.126 e. The van der Waals surface area contributed by atoms with Crippen LogP contribution >= 0.6 is 0 Å². The maximum atomic E-state index is 13.0. The van der Waals surface area contributed by atoms with E-state index >= 15 is 0 Å². The van der Waals surface area contributed by atoms with Crippen molar-refractivity contribution in [1.82, 2.24) is 0 Å². The highest BCUT2D eigenvalue weighted by Crippen LogP contribution is 2.29. The third-order valence-electron chi connectivity index (χ3n) is 3.53. The number of rotatable bonds is 4. The van der Waals surface area contributed by atoms with Crippen molar-refractivity contribution in [2.24, 2.45) is 0 Å². The highest BCUT2D eigenvalue weighted by Gasteiger charge is 2.12. The number of nitrogens with one attached hydrogen (secondary N) is 1. The van der Waals surface area contributed by atoms with Gasteiger partial charge in [0.15, 0.2) is 0 Å². The molecule has 0 amide bonds. The third-order valence-corrected chi connectivity index (χ3v) is 3.53. The predicted octanol–water partition coefficient (Wildman–Crippen LogP) is 4.08. The molecule has 112 valence electrons. The summed E-state index contributed by atoms with van der Waals surface area (Å²) >= 11 is 0. The van der Waals surface area contributed by atoms with Gasteiger partial charge in [-0.2, -0.15) is 0 Å². The fraction of sp³-hybridized carbons (Fsp3) is 0.294. The Morgan fingerprint density at radius 2 is 1.86 bits per heavy atom. The molecule has 0 aliphatic rings. The molecule has 2 rings (SSSR count). The zero-order valence-corrected chi connectivity index (χ0v) is 12.8. The molecule has 4 heteroatoms. The summed E-state index contributed by atoms with van der Waals surface area (Å²) in [5, 5.41) is 13.2. The Hall–Kier alpha value is -2.23. The van der Waals surface area contributed by atoms with Gasteiger partial charge in [0.25, 0.3) is 0 Å². The summed E-state index contributed by atoms with van der Waals surface area (Å²) in [5.41, 5.74) is 3.96. The Morgan fingerprint density at radius 3 is 2.48 bits per heavy atom. The summed E-state index contributed by atoms with van der Waals surface area (Å²) in [6, 6.07) is 10.1. The normalized spacial score (nSPS) is 12.0. The maximum absolute atomic E-state index is 13.0. The van der Waals surface area contributed by atoms with Gasteiger partial charge in [-0.1, -0.05) is 12.1 Å². The molecule has 0 aliphatic carbocycles. The Morgan fingerprint density at radius 1 is 1.14 bits per heavy atom. The quantitative estimate of drug-likeness (QED) is 0.890. The van der Waals surface area contributed by atoms with Crippen LogP contribution in [0.25, 0.3) is 0 Å². The second-order valence-corrected chi connectivity index (χ2v) is 5.46. The van der Waals surface area contributed by atoms with E-state index in [9.17, 15) is 9.50 Å². The van der Waals surface area contributed by atoms with Crippen molar-refractivity contribution in [2.45, 2.75) is 19.9 Å². The van der Waals surface area contributed by atoms with E-state index in [1.165, 1.54) is 11.6 Å². The number of halogens is 1. The van der Waals surface area contributed by atoms with Crippen molar-refractivity contribution in [3.8, 4) is 5.75 Å². The molecule has 0 heterocycles. The standard InChI is InChI=1S/C17H21FN2O/c1-11-5-7-14(10-16(11)20(3)4)19-12(2)15-8-6-13(18)9-17(15)21/h5-10,12,19,21H,1-4H3. The number of benzene rings is 2. The van der Waals surface area contributed by atoms with Gasteiger partial charge in [0.05, 0.1) is 6.04 Å². The number of aromatic hydroxyl groups is 1. The third kappa shape index (κ3) is 3.45. The topological polar surface area (TPSA) is 35.5 Å². The van der Waals surface area contributed by atoms with E-state index < -0.39 is 5.82 Å². The number of nitrogens with zero attached hydrogens (tertiary/aromatic N) is 1. The van der Waals surface area contributed by atoms with Crippen LogP contribution in [-0.4, -0.2) is 19.2 Å². The molecule has 0 fully saturated rings. The molecular formula is C17H21FN2O. The molecule has 1 unspecified atom stereocenters. The van der Waals surface area contributed by atoms with E-state index in [-0.39, 0.29) is 11.8 Å². The lowest BCUT2D eigenvalue weighted by Crippen LogP contribution is -2.12. The van der Waals surface area contributed by atoms with Crippen LogP contribution in [0.3, 0.4) is 0 Å².